The highest BCUT2D eigenvalue weighted by molar-refractivity contribution is 9.10. The summed E-state index contributed by atoms with van der Waals surface area (Å²) in [5.74, 6) is 1.53. The number of ether oxygens (including phenoxy) is 2. The average molecular weight is 497 g/mol. The van der Waals surface area contributed by atoms with E-state index < -0.39 is 0 Å². The van der Waals surface area contributed by atoms with Gasteiger partial charge >= 0.3 is 0 Å². The molecule has 4 rings (SSSR count). The van der Waals surface area contributed by atoms with E-state index in [1.54, 1.807) is 18.4 Å². The highest BCUT2D eigenvalue weighted by Crippen LogP contribution is 2.37. The topological polar surface area (TPSA) is 43.4 Å². The Labute approximate surface area is 195 Å². The molecule has 0 unspecified atom stereocenters. The van der Waals surface area contributed by atoms with Crippen LogP contribution in [0.4, 0.5) is 5.69 Å². The molecule has 0 aliphatic rings. The lowest BCUT2D eigenvalue weighted by Gasteiger charge is -2.17. The SMILES string of the molecule is CCCOc1c(OC)ccc(Br)c1CNc1ccc(-c2nc3ccc(C)cc3s2)cc1. The van der Waals surface area contributed by atoms with Gasteiger partial charge in [0.05, 0.1) is 23.9 Å². The first kappa shape index (κ1) is 21.7. The molecule has 160 valence electrons. The molecule has 3 aromatic carbocycles. The van der Waals surface area contributed by atoms with Crippen LogP contribution in [-0.2, 0) is 6.54 Å². The van der Waals surface area contributed by atoms with Crippen LogP contribution in [0.5, 0.6) is 11.5 Å². The maximum atomic E-state index is 5.99. The molecular weight excluding hydrogens is 472 g/mol. The van der Waals surface area contributed by atoms with Crippen LogP contribution in [0, 0.1) is 6.92 Å². The molecule has 0 spiro atoms. The number of hydrogen-bond acceptors (Lipinski definition) is 5. The molecule has 0 bridgehead atoms. The predicted molar refractivity (Wildman–Crippen MR) is 134 cm³/mol. The van der Waals surface area contributed by atoms with Gasteiger partial charge in [0.15, 0.2) is 11.5 Å². The molecule has 1 aromatic heterocycles. The maximum Gasteiger partial charge on any atom is 0.167 e. The first-order valence-electron chi connectivity index (χ1n) is 10.3. The van der Waals surface area contributed by atoms with E-state index in [1.807, 2.05) is 12.1 Å². The van der Waals surface area contributed by atoms with Crippen LogP contribution in [0.1, 0.15) is 24.5 Å². The van der Waals surface area contributed by atoms with Crippen molar-refractivity contribution in [1.29, 1.82) is 0 Å². The van der Waals surface area contributed by atoms with Gasteiger partial charge in [0.25, 0.3) is 0 Å². The quantitative estimate of drug-likeness (QED) is 0.275. The Morgan fingerprint density at radius 1 is 1.06 bits per heavy atom. The molecule has 0 aliphatic carbocycles. The first-order chi connectivity index (χ1) is 15.1. The molecule has 1 N–H and O–H groups in total. The Bertz CT molecular complexity index is 1190. The molecule has 0 fully saturated rings. The lowest BCUT2D eigenvalue weighted by molar-refractivity contribution is 0.291. The molecule has 0 aliphatic heterocycles. The highest BCUT2D eigenvalue weighted by atomic mass is 79.9. The highest BCUT2D eigenvalue weighted by Gasteiger charge is 2.14. The summed E-state index contributed by atoms with van der Waals surface area (Å²) >= 11 is 5.39. The minimum atomic E-state index is 0.622. The van der Waals surface area contributed by atoms with E-state index in [-0.39, 0.29) is 0 Å². The molecule has 0 saturated carbocycles. The number of anilines is 1. The Morgan fingerprint density at radius 3 is 2.61 bits per heavy atom. The molecule has 31 heavy (non-hydrogen) atoms. The van der Waals surface area contributed by atoms with Crippen molar-refractivity contribution in [3.63, 3.8) is 0 Å². The normalized spacial score (nSPS) is 11.0. The second kappa shape index (κ2) is 9.71. The van der Waals surface area contributed by atoms with E-state index in [0.29, 0.717) is 13.2 Å². The first-order valence-corrected chi connectivity index (χ1v) is 11.9. The number of rotatable bonds is 8. The van der Waals surface area contributed by atoms with Crippen molar-refractivity contribution in [2.75, 3.05) is 19.0 Å². The number of hydrogen-bond donors (Lipinski definition) is 1. The van der Waals surface area contributed by atoms with Crippen molar-refractivity contribution in [3.8, 4) is 22.1 Å². The summed E-state index contributed by atoms with van der Waals surface area (Å²) in [4.78, 5) is 4.78. The molecule has 0 amide bonds. The minimum Gasteiger partial charge on any atom is -0.493 e. The van der Waals surface area contributed by atoms with Gasteiger partial charge in [0.1, 0.15) is 5.01 Å². The number of nitrogens with zero attached hydrogens (tertiary/aromatic N) is 1. The molecule has 0 atom stereocenters. The zero-order chi connectivity index (χ0) is 21.8. The number of aryl methyl sites for hydroxylation is 1. The summed E-state index contributed by atoms with van der Waals surface area (Å²) in [6.07, 6.45) is 0.940. The van der Waals surface area contributed by atoms with E-state index >= 15 is 0 Å². The summed E-state index contributed by atoms with van der Waals surface area (Å²) in [6.45, 7) is 5.47. The third-order valence-electron chi connectivity index (χ3n) is 4.98. The Morgan fingerprint density at radius 2 is 1.87 bits per heavy atom. The van der Waals surface area contributed by atoms with Crippen LogP contribution in [0.3, 0.4) is 0 Å². The van der Waals surface area contributed by atoms with Gasteiger partial charge in [0, 0.05) is 27.8 Å². The van der Waals surface area contributed by atoms with E-state index in [9.17, 15) is 0 Å². The van der Waals surface area contributed by atoms with Gasteiger partial charge in [0.2, 0.25) is 0 Å². The van der Waals surface area contributed by atoms with Gasteiger partial charge in [-0.15, -0.1) is 11.3 Å². The van der Waals surface area contributed by atoms with Crippen LogP contribution in [-0.4, -0.2) is 18.7 Å². The number of thiazole rings is 1. The lowest BCUT2D eigenvalue weighted by Crippen LogP contribution is -2.06. The second-order valence-electron chi connectivity index (χ2n) is 7.33. The predicted octanol–water partition coefficient (Wildman–Crippen LogP) is 7.44. The fourth-order valence-electron chi connectivity index (χ4n) is 3.35. The molecule has 4 aromatic rings. The van der Waals surface area contributed by atoms with Crippen LogP contribution >= 0.6 is 27.3 Å². The Kier molecular flexibility index (Phi) is 6.78. The number of halogens is 1. The zero-order valence-corrected chi connectivity index (χ0v) is 20.3. The molecule has 6 heteroatoms. The molecular formula is C25H25BrN2O2S. The van der Waals surface area contributed by atoms with Gasteiger partial charge in [-0.05, 0) is 67.4 Å². The van der Waals surface area contributed by atoms with Gasteiger partial charge in [-0.3, -0.25) is 0 Å². The number of methoxy groups -OCH3 is 1. The monoisotopic (exact) mass is 496 g/mol. The second-order valence-corrected chi connectivity index (χ2v) is 9.21. The largest absolute Gasteiger partial charge is 0.493 e. The molecule has 4 nitrogen and oxygen atoms in total. The number of fused-ring (bicyclic) bond motifs is 1. The standard InChI is InChI=1S/C25H25BrN2O2S/c1-4-13-30-24-19(20(26)10-12-22(24)29-3)15-27-18-8-6-17(7-9-18)25-28-21-11-5-16(2)14-23(21)31-25/h5-12,14,27H,4,13,15H2,1-3H3. The number of aromatic nitrogens is 1. The molecule has 1 heterocycles. The van der Waals surface area contributed by atoms with Crippen LogP contribution in [0.25, 0.3) is 20.8 Å². The van der Waals surface area contributed by atoms with Crippen molar-refractivity contribution in [3.05, 3.63) is 70.2 Å². The maximum absolute atomic E-state index is 5.99. The number of benzene rings is 3. The summed E-state index contributed by atoms with van der Waals surface area (Å²) in [5, 5.41) is 4.54. The fraction of sp³-hybridized carbons (Fsp3) is 0.240. The average Bonchev–Trinajstić information content (AvgIpc) is 3.20. The lowest BCUT2D eigenvalue weighted by atomic mass is 10.1. The summed E-state index contributed by atoms with van der Waals surface area (Å²) in [6, 6.07) is 18.7. The fourth-order valence-corrected chi connectivity index (χ4v) is 4.87. The van der Waals surface area contributed by atoms with E-state index in [1.165, 1.54) is 10.3 Å². The summed E-state index contributed by atoms with van der Waals surface area (Å²) < 4.78 is 13.7. The van der Waals surface area contributed by atoms with Gasteiger partial charge < -0.3 is 14.8 Å². The third-order valence-corrected chi connectivity index (χ3v) is 6.79. The van der Waals surface area contributed by atoms with E-state index in [4.69, 9.17) is 14.5 Å². The molecule has 0 radical (unpaired) electrons. The van der Waals surface area contributed by atoms with Crippen LogP contribution < -0.4 is 14.8 Å². The van der Waals surface area contributed by atoms with Crippen molar-refractivity contribution >= 4 is 43.2 Å². The Balaban J connectivity index is 1.52. The molecule has 0 saturated heterocycles. The minimum absolute atomic E-state index is 0.622. The van der Waals surface area contributed by atoms with Crippen LogP contribution in [0.15, 0.2) is 59.1 Å². The third kappa shape index (κ3) is 4.86. The summed E-state index contributed by atoms with van der Waals surface area (Å²) in [7, 11) is 1.67. The Hall–Kier alpha value is -2.57. The van der Waals surface area contributed by atoms with Crippen molar-refractivity contribution in [2.24, 2.45) is 0 Å². The van der Waals surface area contributed by atoms with Crippen LogP contribution in [0.2, 0.25) is 0 Å². The van der Waals surface area contributed by atoms with Crippen molar-refractivity contribution in [2.45, 2.75) is 26.8 Å². The van der Waals surface area contributed by atoms with Crippen molar-refractivity contribution in [1.82, 2.24) is 4.98 Å². The smallest absolute Gasteiger partial charge is 0.167 e. The van der Waals surface area contributed by atoms with Gasteiger partial charge in [-0.25, -0.2) is 4.98 Å². The van der Waals surface area contributed by atoms with E-state index in [2.05, 4.69) is 77.6 Å². The van der Waals surface area contributed by atoms with E-state index in [0.717, 1.165) is 49.7 Å². The van der Waals surface area contributed by atoms with Gasteiger partial charge in [-0.2, -0.15) is 0 Å². The zero-order valence-electron chi connectivity index (χ0n) is 17.9. The van der Waals surface area contributed by atoms with Gasteiger partial charge in [-0.1, -0.05) is 28.9 Å². The van der Waals surface area contributed by atoms with Crippen molar-refractivity contribution < 1.29 is 9.47 Å². The summed E-state index contributed by atoms with van der Waals surface area (Å²) in [5.41, 5.74) is 5.51. The number of nitrogens with one attached hydrogen (secondary N) is 1.